The molecule has 0 spiro atoms. The molecule has 25 heavy (non-hydrogen) atoms. The zero-order valence-electron chi connectivity index (χ0n) is 14.5. The molecule has 4 saturated carbocycles. The van der Waals surface area contributed by atoms with Gasteiger partial charge in [-0.25, -0.2) is 0 Å². The van der Waals surface area contributed by atoms with Gasteiger partial charge in [-0.05, 0) is 73.5 Å². The highest BCUT2D eigenvalue weighted by Gasteiger charge is 2.50. The molecule has 1 heterocycles. The lowest BCUT2D eigenvalue weighted by molar-refractivity contribution is -0.132. The van der Waals surface area contributed by atoms with Gasteiger partial charge in [-0.3, -0.25) is 9.48 Å². The van der Waals surface area contributed by atoms with Crippen molar-refractivity contribution in [2.24, 2.45) is 29.6 Å². The summed E-state index contributed by atoms with van der Waals surface area (Å²) in [5, 5.41) is 7.56. The number of carbonyl (C=O) groups is 1. The molecule has 2 aromatic rings. The van der Waals surface area contributed by atoms with E-state index in [1.165, 1.54) is 32.1 Å². The third kappa shape index (κ3) is 2.78. The second kappa shape index (κ2) is 6.01. The van der Waals surface area contributed by atoms with Gasteiger partial charge in [0.05, 0.1) is 6.54 Å². The molecule has 4 bridgehead atoms. The molecule has 0 unspecified atom stereocenters. The van der Waals surface area contributed by atoms with E-state index in [1.54, 1.807) is 6.20 Å². The van der Waals surface area contributed by atoms with Gasteiger partial charge in [0, 0.05) is 24.0 Å². The maximum absolute atomic E-state index is 13.1. The van der Waals surface area contributed by atoms with Gasteiger partial charge in [-0.2, -0.15) is 5.10 Å². The highest BCUT2D eigenvalue weighted by Crippen LogP contribution is 2.56. The molecule has 1 N–H and O–H groups in total. The molecule has 4 heteroatoms. The van der Waals surface area contributed by atoms with Crippen LogP contribution in [0.5, 0.6) is 0 Å². The first kappa shape index (κ1) is 15.2. The van der Waals surface area contributed by atoms with Crippen molar-refractivity contribution in [3.63, 3.8) is 0 Å². The number of benzene rings is 1. The monoisotopic (exact) mass is 335 g/mol. The topological polar surface area (TPSA) is 46.9 Å². The van der Waals surface area contributed by atoms with Gasteiger partial charge in [-0.15, -0.1) is 0 Å². The summed E-state index contributed by atoms with van der Waals surface area (Å²) < 4.78 is 1.90. The second-order valence-corrected chi connectivity index (χ2v) is 8.31. The van der Waals surface area contributed by atoms with Crippen molar-refractivity contribution in [1.82, 2.24) is 9.78 Å². The summed E-state index contributed by atoms with van der Waals surface area (Å²) >= 11 is 0. The van der Waals surface area contributed by atoms with Crippen molar-refractivity contribution in [3.05, 3.63) is 48.3 Å². The number of nitrogens with one attached hydrogen (secondary N) is 1. The number of amides is 1. The normalized spacial score (nSPS) is 32.7. The molecule has 4 aliphatic carbocycles. The van der Waals surface area contributed by atoms with Gasteiger partial charge >= 0.3 is 0 Å². The molecule has 4 aliphatic rings. The summed E-state index contributed by atoms with van der Waals surface area (Å²) in [6.45, 7) is 0.686. The number of hydrogen-bond donors (Lipinski definition) is 1. The summed E-state index contributed by atoms with van der Waals surface area (Å²) in [6.07, 6.45) is 10.3. The van der Waals surface area contributed by atoms with Crippen LogP contribution >= 0.6 is 0 Å². The van der Waals surface area contributed by atoms with Crippen LogP contribution in [0.4, 0.5) is 5.69 Å². The molecule has 0 aliphatic heterocycles. The van der Waals surface area contributed by atoms with E-state index in [4.69, 9.17) is 0 Å². The van der Waals surface area contributed by atoms with Gasteiger partial charge in [-0.1, -0.05) is 18.2 Å². The number of para-hydroxylation sites is 1. The van der Waals surface area contributed by atoms with Crippen LogP contribution < -0.4 is 5.32 Å². The maximum atomic E-state index is 13.1. The van der Waals surface area contributed by atoms with E-state index in [1.807, 2.05) is 35.1 Å². The van der Waals surface area contributed by atoms with Crippen LogP contribution in [0.25, 0.3) is 0 Å². The van der Waals surface area contributed by atoms with E-state index in [0.29, 0.717) is 18.4 Å². The van der Waals surface area contributed by atoms with Gasteiger partial charge in [0.1, 0.15) is 0 Å². The van der Waals surface area contributed by atoms with E-state index >= 15 is 0 Å². The lowest BCUT2D eigenvalue weighted by atomic mass is 9.51. The molecule has 1 aromatic heterocycles. The first-order chi connectivity index (χ1) is 12.3. The van der Waals surface area contributed by atoms with Crippen LogP contribution in [0.1, 0.15) is 37.7 Å². The molecule has 4 nitrogen and oxygen atoms in total. The summed E-state index contributed by atoms with van der Waals surface area (Å²) in [5.74, 6) is 3.52. The van der Waals surface area contributed by atoms with Crippen molar-refractivity contribution < 1.29 is 4.79 Å². The van der Waals surface area contributed by atoms with E-state index < -0.39 is 0 Å². The van der Waals surface area contributed by atoms with Crippen LogP contribution in [-0.2, 0) is 11.3 Å². The molecule has 0 saturated heterocycles. The molecule has 0 atom stereocenters. The largest absolute Gasteiger partial charge is 0.326 e. The fraction of sp³-hybridized carbons (Fsp3) is 0.524. The number of nitrogens with zero attached hydrogens (tertiary/aromatic N) is 2. The Morgan fingerprint density at radius 2 is 1.76 bits per heavy atom. The lowest BCUT2D eigenvalue weighted by Gasteiger charge is -2.53. The van der Waals surface area contributed by atoms with Gasteiger partial charge < -0.3 is 5.32 Å². The summed E-state index contributed by atoms with van der Waals surface area (Å²) in [6, 6.07) is 10.0. The van der Waals surface area contributed by atoms with Crippen molar-refractivity contribution >= 4 is 11.6 Å². The SMILES string of the molecule is O=C(Nc1ccccc1Cn1cccn1)C1C2CC3CC(C2)CC1C3. The van der Waals surface area contributed by atoms with Crippen LogP contribution in [0.2, 0.25) is 0 Å². The van der Waals surface area contributed by atoms with E-state index in [0.717, 1.165) is 23.1 Å². The molecule has 1 amide bonds. The number of rotatable bonds is 4. The molecule has 4 fully saturated rings. The van der Waals surface area contributed by atoms with E-state index in [-0.39, 0.29) is 11.8 Å². The fourth-order valence-corrected chi connectivity index (χ4v) is 5.92. The fourth-order valence-electron chi connectivity index (χ4n) is 5.92. The highest BCUT2D eigenvalue weighted by molar-refractivity contribution is 5.93. The van der Waals surface area contributed by atoms with Gasteiger partial charge in [0.2, 0.25) is 5.91 Å². The highest BCUT2D eigenvalue weighted by atomic mass is 16.1. The average molecular weight is 335 g/mol. The van der Waals surface area contributed by atoms with Crippen molar-refractivity contribution in [1.29, 1.82) is 0 Å². The average Bonchev–Trinajstić information content (AvgIpc) is 3.09. The predicted molar refractivity (Wildman–Crippen MR) is 96.9 cm³/mol. The van der Waals surface area contributed by atoms with Gasteiger partial charge in [0.25, 0.3) is 0 Å². The standard InChI is InChI=1S/C21H25N3O/c25-21(20-17-9-14-8-15(11-17)12-18(20)10-14)23-19-5-2-1-4-16(19)13-24-7-3-6-22-24/h1-7,14-15,17-18,20H,8-13H2,(H,23,25). The van der Waals surface area contributed by atoms with Crippen LogP contribution in [-0.4, -0.2) is 15.7 Å². The molecule has 0 radical (unpaired) electrons. The summed E-state index contributed by atoms with van der Waals surface area (Å²) in [5.41, 5.74) is 2.06. The molecular weight excluding hydrogens is 310 g/mol. The lowest BCUT2D eigenvalue weighted by Crippen LogP contribution is -2.49. The molecular formula is C21H25N3O. The van der Waals surface area contributed by atoms with E-state index in [2.05, 4.69) is 16.5 Å². The molecule has 1 aromatic carbocycles. The Kier molecular flexibility index (Phi) is 3.65. The Morgan fingerprint density at radius 3 is 2.44 bits per heavy atom. The number of anilines is 1. The zero-order chi connectivity index (χ0) is 16.8. The third-order valence-corrected chi connectivity index (χ3v) is 6.70. The van der Waals surface area contributed by atoms with E-state index in [9.17, 15) is 4.79 Å². The number of aromatic nitrogens is 2. The van der Waals surface area contributed by atoms with Crippen LogP contribution in [0, 0.1) is 29.6 Å². The number of hydrogen-bond acceptors (Lipinski definition) is 2. The minimum atomic E-state index is 0.227. The van der Waals surface area contributed by atoms with Gasteiger partial charge in [0.15, 0.2) is 0 Å². The molecule has 6 rings (SSSR count). The smallest absolute Gasteiger partial charge is 0.228 e. The quantitative estimate of drug-likeness (QED) is 0.920. The Balaban J connectivity index is 1.34. The maximum Gasteiger partial charge on any atom is 0.228 e. The molecule has 130 valence electrons. The Labute approximate surface area is 148 Å². The summed E-state index contributed by atoms with van der Waals surface area (Å²) in [7, 11) is 0. The third-order valence-electron chi connectivity index (χ3n) is 6.70. The zero-order valence-corrected chi connectivity index (χ0v) is 14.5. The predicted octanol–water partition coefficient (Wildman–Crippen LogP) is 3.94. The Morgan fingerprint density at radius 1 is 1.04 bits per heavy atom. The van der Waals surface area contributed by atoms with Crippen LogP contribution in [0.3, 0.4) is 0 Å². The van der Waals surface area contributed by atoms with Crippen molar-refractivity contribution in [3.8, 4) is 0 Å². The van der Waals surface area contributed by atoms with Crippen LogP contribution in [0.15, 0.2) is 42.7 Å². The Bertz CT molecular complexity index is 739. The van der Waals surface area contributed by atoms with Crippen molar-refractivity contribution in [2.45, 2.75) is 38.6 Å². The van der Waals surface area contributed by atoms with Crippen molar-refractivity contribution in [2.75, 3.05) is 5.32 Å². The first-order valence-corrected chi connectivity index (χ1v) is 9.62. The summed E-state index contributed by atoms with van der Waals surface area (Å²) in [4.78, 5) is 13.1. The minimum Gasteiger partial charge on any atom is -0.326 e. The number of carbonyl (C=O) groups excluding carboxylic acids is 1. The second-order valence-electron chi connectivity index (χ2n) is 8.31. The Hall–Kier alpha value is -2.10. The minimum absolute atomic E-state index is 0.227. The first-order valence-electron chi connectivity index (χ1n) is 9.62.